The lowest BCUT2D eigenvalue weighted by Crippen LogP contribution is -2.33. The minimum atomic E-state index is -4.07. The van der Waals surface area contributed by atoms with Crippen molar-refractivity contribution in [2.45, 2.75) is 4.21 Å². The summed E-state index contributed by atoms with van der Waals surface area (Å²) in [7, 11) is -4.07. The quantitative estimate of drug-likeness (QED) is 0.355. The van der Waals surface area contributed by atoms with Crippen LogP contribution in [-0.2, 0) is 10.0 Å². The van der Waals surface area contributed by atoms with Gasteiger partial charge in [-0.15, -0.1) is 11.3 Å². The summed E-state index contributed by atoms with van der Waals surface area (Å²) >= 11 is 6.54. The average Bonchev–Trinajstić information content (AvgIpc) is 3.16. The first-order valence-electron chi connectivity index (χ1n) is 8.64. The third-order valence-electron chi connectivity index (χ3n) is 4.21. The molecule has 2 amide bonds. The van der Waals surface area contributed by atoms with E-state index in [9.17, 15) is 23.1 Å². The molecule has 158 valence electrons. The smallest absolute Gasteiger partial charge is 0.333 e. The van der Waals surface area contributed by atoms with Gasteiger partial charge in [-0.05, 0) is 36.4 Å². The van der Waals surface area contributed by atoms with Crippen molar-refractivity contribution in [3.05, 3.63) is 69.4 Å². The number of H-pyrrole nitrogens is 1. The Labute approximate surface area is 184 Å². The fourth-order valence-electron chi connectivity index (χ4n) is 2.85. The molecule has 1 aromatic carbocycles. The number of nitrogens with zero attached hydrogens (tertiary/aromatic N) is 1. The van der Waals surface area contributed by atoms with Crippen LogP contribution in [0.25, 0.3) is 22.2 Å². The molecule has 9 nitrogen and oxygen atoms in total. The molecule has 31 heavy (non-hydrogen) atoms. The number of carbonyl (C=O) groups excluding carboxylic acids is 1. The number of rotatable bonds is 4. The van der Waals surface area contributed by atoms with Crippen molar-refractivity contribution in [1.29, 1.82) is 0 Å². The van der Waals surface area contributed by atoms with Crippen LogP contribution in [0.15, 0.2) is 63.7 Å². The van der Waals surface area contributed by atoms with E-state index in [1.807, 2.05) is 4.72 Å². The number of hydrogen-bond donors (Lipinski definition) is 4. The molecule has 12 heteroatoms. The highest BCUT2D eigenvalue weighted by Crippen LogP contribution is 2.31. The number of para-hydroxylation sites is 1. The van der Waals surface area contributed by atoms with Crippen LogP contribution in [0.5, 0.6) is 5.75 Å². The summed E-state index contributed by atoms with van der Waals surface area (Å²) in [5.74, 6) is -0.217. The fourth-order valence-corrected chi connectivity index (χ4v) is 5.24. The molecular formula is C19H13ClN4O5S2. The number of benzene rings is 1. The van der Waals surface area contributed by atoms with Crippen molar-refractivity contribution in [3.63, 3.8) is 0 Å². The molecule has 3 heterocycles. The fraction of sp³-hybridized carbons (Fsp3) is 0. The lowest BCUT2D eigenvalue weighted by Gasteiger charge is -2.09. The predicted molar refractivity (Wildman–Crippen MR) is 118 cm³/mol. The summed E-state index contributed by atoms with van der Waals surface area (Å²) in [5, 5.41) is 13.3. The molecule has 0 radical (unpaired) electrons. The number of anilines is 1. The van der Waals surface area contributed by atoms with E-state index in [-0.39, 0.29) is 31.2 Å². The molecule has 0 fully saturated rings. The SMILES string of the molecule is O=C(Nc1ccc(-c2c(O)c3ccccc3[nH]c2=O)nc1)NS(=O)(=O)c1ccc(Cl)s1. The molecule has 4 N–H and O–H groups in total. The standard InChI is InChI=1S/C19H13ClN4O5S2/c20-14-7-8-15(30-14)31(28,29)24-19(27)22-10-5-6-13(21-9-10)16-17(25)11-3-1-2-4-12(11)23-18(16)26/h1-9H,(H2,22,24,27)(H2,23,25,26). The number of carbonyl (C=O) groups is 1. The highest BCUT2D eigenvalue weighted by Gasteiger charge is 2.20. The molecule has 3 aromatic heterocycles. The van der Waals surface area contributed by atoms with Gasteiger partial charge in [0.2, 0.25) is 0 Å². The van der Waals surface area contributed by atoms with Gasteiger partial charge >= 0.3 is 6.03 Å². The summed E-state index contributed by atoms with van der Waals surface area (Å²) in [5.41, 5.74) is 0.292. The Balaban J connectivity index is 1.55. The topological polar surface area (TPSA) is 141 Å². The second-order valence-electron chi connectivity index (χ2n) is 6.27. The van der Waals surface area contributed by atoms with E-state index in [0.717, 1.165) is 11.3 Å². The van der Waals surface area contributed by atoms with Crippen LogP contribution in [0.4, 0.5) is 10.5 Å². The molecule has 0 saturated carbocycles. The molecule has 0 spiro atoms. The summed E-state index contributed by atoms with van der Waals surface area (Å²) in [6.45, 7) is 0. The van der Waals surface area contributed by atoms with Gasteiger partial charge in [-0.3, -0.25) is 9.78 Å². The summed E-state index contributed by atoms with van der Waals surface area (Å²) in [6.07, 6.45) is 1.23. The van der Waals surface area contributed by atoms with E-state index in [2.05, 4.69) is 15.3 Å². The zero-order valence-corrected chi connectivity index (χ0v) is 17.8. The van der Waals surface area contributed by atoms with Crippen molar-refractivity contribution in [3.8, 4) is 17.0 Å². The zero-order valence-electron chi connectivity index (χ0n) is 15.4. The summed E-state index contributed by atoms with van der Waals surface area (Å²) < 4.78 is 26.4. The van der Waals surface area contributed by atoms with E-state index in [4.69, 9.17) is 11.6 Å². The molecule has 0 unspecified atom stereocenters. The molecule has 4 rings (SSSR count). The molecule has 0 aliphatic rings. The van der Waals surface area contributed by atoms with Gasteiger partial charge in [-0.2, -0.15) is 0 Å². The Morgan fingerprint density at radius 2 is 1.90 bits per heavy atom. The first-order chi connectivity index (χ1) is 14.7. The lowest BCUT2D eigenvalue weighted by atomic mass is 10.1. The Bertz CT molecular complexity index is 1460. The number of fused-ring (bicyclic) bond motifs is 1. The second kappa shape index (κ2) is 8.02. The lowest BCUT2D eigenvalue weighted by molar-refractivity contribution is 0.256. The van der Waals surface area contributed by atoms with Crippen molar-refractivity contribution in [2.75, 3.05) is 5.32 Å². The Hall–Kier alpha value is -3.41. The maximum Gasteiger partial charge on any atom is 0.333 e. The highest BCUT2D eigenvalue weighted by molar-refractivity contribution is 7.92. The highest BCUT2D eigenvalue weighted by atomic mass is 35.5. The minimum absolute atomic E-state index is 0.0214. The van der Waals surface area contributed by atoms with Gasteiger partial charge in [-0.25, -0.2) is 17.9 Å². The first-order valence-corrected chi connectivity index (χ1v) is 11.3. The number of halogens is 1. The van der Waals surface area contributed by atoms with Crippen molar-refractivity contribution < 1.29 is 18.3 Å². The summed E-state index contributed by atoms with van der Waals surface area (Å²) in [6, 6.07) is 11.3. The van der Waals surface area contributed by atoms with Crippen LogP contribution in [0, 0.1) is 0 Å². The van der Waals surface area contributed by atoms with Crippen molar-refractivity contribution in [1.82, 2.24) is 14.7 Å². The monoisotopic (exact) mass is 476 g/mol. The normalized spacial score (nSPS) is 11.4. The van der Waals surface area contributed by atoms with Crippen LogP contribution >= 0.6 is 22.9 Å². The Morgan fingerprint density at radius 3 is 2.58 bits per heavy atom. The Kier molecular flexibility index (Phi) is 5.39. The molecule has 0 atom stereocenters. The number of hydrogen-bond acceptors (Lipinski definition) is 7. The first kappa shape index (κ1) is 20.8. The van der Waals surface area contributed by atoms with Crippen LogP contribution in [-0.4, -0.2) is 29.5 Å². The number of aromatic amines is 1. The maximum atomic E-state index is 12.4. The van der Waals surface area contributed by atoms with Gasteiger partial charge in [0.05, 0.1) is 27.4 Å². The van der Waals surface area contributed by atoms with Gasteiger partial charge < -0.3 is 15.4 Å². The Morgan fingerprint density at radius 1 is 1.13 bits per heavy atom. The van der Waals surface area contributed by atoms with Crippen LogP contribution in [0.2, 0.25) is 4.34 Å². The largest absolute Gasteiger partial charge is 0.506 e. The number of urea groups is 1. The van der Waals surface area contributed by atoms with E-state index in [0.29, 0.717) is 10.9 Å². The van der Waals surface area contributed by atoms with Gasteiger partial charge in [0.1, 0.15) is 15.5 Å². The van der Waals surface area contributed by atoms with E-state index >= 15 is 0 Å². The van der Waals surface area contributed by atoms with Gasteiger partial charge in [-0.1, -0.05) is 23.7 Å². The third kappa shape index (κ3) is 4.24. The second-order valence-corrected chi connectivity index (χ2v) is 9.90. The molecule has 0 aliphatic heterocycles. The molecule has 4 aromatic rings. The number of aromatic hydroxyl groups is 1. The number of aromatic nitrogens is 2. The molecular weight excluding hydrogens is 464 g/mol. The van der Waals surface area contributed by atoms with Gasteiger partial charge in [0.25, 0.3) is 15.6 Å². The predicted octanol–water partition coefficient (Wildman–Crippen LogP) is 3.52. The van der Waals surface area contributed by atoms with Crippen molar-refractivity contribution >= 4 is 55.6 Å². The molecule has 0 saturated heterocycles. The van der Waals surface area contributed by atoms with Crippen molar-refractivity contribution in [2.24, 2.45) is 0 Å². The van der Waals surface area contributed by atoms with Crippen LogP contribution < -0.4 is 15.6 Å². The molecule has 0 aliphatic carbocycles. The average molecular weight is 477 g/mol. The van der Waals surface area contributed by atoms with E-state index < -0.39 is 21.6 Å². The number of pyridine rings is 2. The van der Waals surface area contributed by atoms with Gasteiger partial charge in [0.15, 0.2) is 0 Å². The van der Waals surface area contributed by atoms with Crippen LogP contribution in [0.3, 0.4) is 0 Å². The number of amides is 2. The number of nitrogens with one attached hydrogen (secondary N) is 3. The third-order valence-corrected chi connectivity index (χ3v) is 7.27. The van der Waals surface area contributed by atoms with E-state index in [1.54, 1.807) is 24.3 Å². The summed E-state index contributed by atoms with van der Waals surface area (Å²) in [4.78, 5) is 31.2. The maximum absolute atomic E-state index is 12.4. The van der Waals surface area contributed by atoms with Gasteiger partial charge in [0, 0.05) is 5.39 Å². The minimum Gasteiger partial charge on any atom is -0.506 e. The number of sulfonamides is 1. The van der Waals surface area contributed by atoms with E-state index in [1.165, 1.54) is 30.5 Å². The molecule has 0 bridgehead atoms. The van der Waals surface area contributed by atoms with Crippen LogP contribution in [0.1, 0.15) is 0 Å². The number of thiophene rings is 1. The zero-order chi connectivity index (χ0) is 22.2.